The predicted octanol–water partition coefficient (Wildman–Crippen LogP) is 3.03. The Bertz CT molecular complexity index is 422. The van der Waals surface area contributed by atoms with Gasteiger partial charge in [0.25, 0.3) is 0 Å². The van der Waals surface area contributed by atoms with Crippen molar-refractivity contribution >= 4 is 5.97 Å². The van der Waals surface area contributed by atoms with Gasteiger partial charge in [-0.05, 0) is 43.0 Å². The van der Waals surface area contributed by atoms with Crippen molar-refractivity contribution in [2.75, 3.05) is 0 Å². The van der Waals surface area contributed by atoms with Gasteiger partial charge in [0.15, 0.2) is 0 Å². The SMILES string of the molecule is Cc1ccc(F)cc1C1(CC(=O)O)CCC1. The van der Waals surface area contributed by atoms with E-state index >= 15 is 0 Å². The molecule has 1 saturated carbocycles. The van der Waals surface area contributed by atoms with E-state index in [1.165, 1.54) is 12.1 Å². The molecule has 0 aromatic heterocycles. The monoisotopic (exact) mass is 222 g/mol. The fraction of sp³-hybridized carbons (Fsp3) is 0.462. The number of carboxylic acids is 1. The lowest BCUT2D eigenvalue weighted by Crippen LogP contribution is -2.37. The number of rotatable bonds is 3. The fourth-order valence-electron chi connectivity index (χ4n) is 2.60. The molecular weight excluding hydrogens is 207 g/mol. The zero-order chi connectivity index (χ0) is 11.8. The minimum absolute atomic E-state index is 0.108. The third-order valence-electron chi connectivity index (χ3n) is 3.57. The number of hydrogen-bond donors (Lipinski definition) is 1. The minimum atomic E-state index is -0.802. The number of hydrogen-bond acceptors (Lipinski definition) is 1. The van der Waals surface area contributed by atoms with Crippen molar-refractivity contribution < 1.29 is 14.3 Å². The van der Waals surface area contributed by atoms with Crippen LogP contribution in [0.25, 0.3) is 0 Å². The molecule has 1 aliphatic carbocycles. The van der Waals surface area contributed by atoms with Crippen LogP contribution < -0.4 is 0 Å². The molecule has 0 unspecified atom stereocenters. The Morgan fingerprint density at radius 2 is 2.19 bits per heavy atom. The zero-order valence-corrected chi connectivity index (χ0v) is 9.29. The molecule has 16 heavy (non-hydrogen) atoms. The van der Waals surface area contributed by atoms with Crippen LogP contribution in [0.4, 0.5) is 4.39 Å². The first-order chi connectivity index (χ1) is 7.53. The Morgan fingerprint density at radius 3 is 2.69 bits per heavy atom. The number of benzene rings is 1. The first kappa shape index (κ1) is 11.1. The minimum Gasteiger partial charge on any atom is -0.481 e. The van der Waals surface area contributed by atoms with E-state index in [9.17, 15) is 9.18 Å². The largest absolute Gasteiger partial charge is 0.481 e. The summed E-state index contributed by atoms with van der Waals surface area (Å²) < 4.78 is 13.2. The van der Waals surface area contributed by atoms with E-state index in [1.807, 2.05) is 6.92 Å². The molecule has 3 heteroatoms. The molecule has 1 aliphatic rings. The molecule has 2 nitrogen and oxygen atoms in total. The highest BCUT2D eigenvalue weighted by Crippen LogP contribution is 2.47. The molecule has 0 heterocycles. The van der Waals surface area contributed by atoms with Gasteiger partial charge in [-0.25, -0.2) is 4.39 Å². The van der Waals surface area contributed by atoms with Crippen molar-refractivity contribution in [3.63, 3.8) is 0 Å². The lowest BCUT2D eigenvalue weighted by molar-refractivity contribution is -0.139. The van der Waals surface area contributed by atoms with Crippen molar-refractivity contribution in [3.05, 3.63) is 35.1 Å². The number of carbonyl (C=O) groups is 1. The van der Waals surface area contributed by atoms with E-state index in [0.29, 0.717) is 0 Å². The Morgan fingerprint density at radius 1 is 1.50 bits per heavy atom. The Kier molecular flexibility index (Phi) is 2.70. The van der Waals surface area contributed by atoms with E-state index in [-0.39, 0.29) is 17.7 Å². The molecule has 0 radical (unpaired) electrons. The summed E-state index contributed by atoms with van der Waals surface area (Å²) in [6.07, 6.45) is 2.84. The predicted molar refractivity (Wildman–Crippen MR) is 58.9 cm³/mol. The first-order valence-electron chi connectivity index (χ1n) is 5.52. The third kappa shape index (κ3) is 1.82. The molecule has 2 rings (SSSR count). The molecule has 0 spiro atoms. The number of aliphatic carboxylic acids is 1. The van der Waals surface area contributed by atoms with Gasteiger partial charge >= 0.3 is 5.97 Å². The van der Waals surface area contributed by atoms with Gasteiger partial charge < -0.3 is 5.11 Å². The van der Waals surface area contributed by atoms with Crippen LogP contribution in [0.15, 0.2) is 18.2 Å². The van der Waals surface area contributed by atoms with Crippen LogP contribution in [0.5, 0.6) is 0 Å². The molecular formula is C13H15FO2. The summed E-state index contributed by atoms with van der Waals surface area (Å²) in [5, 5.41) is 8.94. The molecule has 0 atom stereocenters. The topological polar surface area (TPSA) is 37.3 Å². The van der Waals surface area contributed by atoms with Crippen LogP contribution in [0.1, 0.15) is 36.8 Å². The van der Waals surface area contributed by atoms with Crippen molar-refractivity contribution in [1.82, 2.24) is 0 Å². The van der Waals surface area contributed by atoms with Crippen molar-refractivity contribution in [2.24, 2.45) is 0 Å². The van der Waals surface area contributed by atoms with Crippen LogP contribution in [0, 0.1) is 12.7 Å². The highest BCUT2D eigenvalue weighted by atomic mass is 19.1. The van der Waals surface area contributed by atoms with Gasteiger partial charge in [-0.3, -0.25) is 4.79 Å². The maximum absolute atomic E-state index is 13.2. The summed E-state index contributed by atoms with van der Waals surface area (Å²) >= 11 is 0. The van der Waals surface area contributed by atoms with Gasteiger partial charge in [-0.15, -0.1) is 0 Å². The molecule has 0 saturated heterocycles. The van der Waals surface area contributed by atoms with Gasteiger partial charge in [0.2, 0.25) is 0 Å². The van der Waals surface area contributed by atoms with Gasteiger partial charge in [-0.1, -0.05) is 12.5 Å². The fourth-order valence-corrected chi connectivity index (χ4v) is 2.60. The summed E-state index contributed by atoms with van der Waals surface area (Å²) in [7, 11) is 0. The Balaban J connectivity index is 2.39. The molecule has 1 N–H and O–H groups in total. The lowest BCUT2D eigenvalue weighted by Gasteiger charge is -2.42. The second kappa shape index (κ2) is 3.89. The first-order valence-corrected chi connectivity index (χ1v) is 5.52. The lowest BCUT2D eigenvalue weighted by atomic mass is 9.61. The average molecular weight is 222 g/mol. The normalized spacial score (nSPS) is 17.9. The van der Waals surface area contributed by atoms with Gasteiger partial charge in [0.1, 0.15) is 5.82 Å². The van der Waals surface area contributed by atoms with Gasteiger partial charge in [0.05, 0.1) is 6.42 Å². The van der Waals surface area contributed by atoms with E-state index in [4.69, 9.17) is 5.11 Å². The van der Waals surface area contributed by atoms with Crippen LogP contribution in [-0.4, -0.2) is 11.1 Å². The maximum atomic E-state index is 13.2. The molecule has 1 fully saturated rings. The van der Waals surface area contributed by atoms with Crippen LogP contribution in [0.2, 0.25) is 0 Å². The molecule has 0 amide bonds. The second-order valence-corrected chi connectivity index (χ2v) is 4.66. The van der Waals surface area contributed by atoms with Crippen LogP contribution >= 0.6 is 0 Å². The van der Waals surface area contributed by atoms with Crippen molar-refractivity contribution in [2.45, 2.75) is 38.0 Å². The molecule has 1 aromatic rings. The highest BCUT2D eigenvalue weighted by molar-refractivity contribution is 5.69. The smallest absolute Gasteiger partial charge is 0.304 e. The van der Waals surface area contributed by atoms with Crippen molar-refractivity contribution in [1.29, 1.82) is 0 Å². The van der Waals surface area contributed by atoms with E-state index in [0.717, 1.165) is 30.4 Å². The van der Waals surface area contributed by atoms with Gasteiger partial charge in [-0.2, -0.15) is 0 Å². The molecule has 0 aliphatic heterocycles. The average Bonchev–Trinajstić information content (AvgIpc) is 2.15. The second-order valence-electron chi connectivity index (χ2n) is 4.66. The quantitative estimate of drug-likeness (QED) is 0.853. The maximum Gasteiger partial charge on any atom is 0.304 e. The summed E-state index contributed by atoms with van der Waals surface area (Å²) in [5.74, 6) is -1.08. The zero-order valence-electron chi connectivity index (χ0n) is 9.29. The summed E-state index contributed by atoms with van der Waals surface area (Å²) in [4.78, 5) is 10.9. The van der Waals surface area contributed by atoms with E-state index < -0.39 is 5.97 Å². The third-order valence-corrected chi connectivity index (χ3v) is 3.57. The standard InChI is InChI=1S/C13H15FO2/c1-9-3-4-10(14)7-11(9)13(5-2-6-13)8-12(15)16/h3-4,7H,2,5-6,8H2,1H3,(H,15,16). The number of aryl methyl sites for hydroxylation is 1. The number of carboxylic acid groups (broad SMARTS) is 1. The summed E-state index contributed by atoms with van der Waals surface area (Å²) in [5.41, 5.74) is 1.54. The van der Waals surface area contributed by atoms with E-state index in [2.05, 4.69) is 0 Å². The number of halogens is 1. The molecule has 86 valence electrons. The van der Waals surface area contributed by atoms with E-state index in [1.54, 1.807) is 6.07 Å². The Labute approximate surface area is 94.1 Å². The highest BCUT2D eigenvalue weighted by Gasteiger charge is 2.41. The summed E-state index contributed by atoms with van der Waals surface area (Å²) in [6.45, 7) is 1.91. The summed E-state index contributed by atoms with van der Waals surface area (Å²) in [6, 6.07) is 4.65. The van der Waals surface area contributed by atoms with Crippen molar-refractivity contribution in [3.8, 4) is 0 Å². The molecule has 1 aromatic carbocycles. The Hall–Kier alpha value is -1.38. The van der Waals surface area contributed by atoms with Crippen LogP contribution in [-0.2, 0) is 10.2 Å². The van der Waals surface area contributed by atoms with Crippen LogP contribution in [0.3, 0.4) is 0 Å². The van der Waals surface area contributed by atoms with Gasteiger partial charge in [0, 0.05) is 5.41 Å². The molecule has 0 bridgehead atoms.